The van der Waals surface area contributed by atoms with Crippen LogP contribution in [0.1, 0.15) is 39.0 Å². The summed E-state index contributed by atoms with van der Waals surface area (Å²) in [5.41, 5.74) is -0.440. The minimum atomic E-state index is -0.564. The zero-order valence-corrected chi connectivity index (χ0v) is 9.70. The molecule has 1 aliphatic heterocycles. The summed E-state index contributed by atoms with van der Waals surface area (Å²) in [6.07, 6.45) is 5.06. The molecular formula is C12H21NO2. The molecule has 0 aromatic rings. The third-order valence-corrected chi connectivity index (χ3v) is 4.42. The lowest BCUT2D eigenvalue weighted by molar-refractivity contribution is -0.163. The number of carboxylic acid groups (broad SMARTS) is 1. The van der Waals surface area contributed by atoms with E-state index in [0.29, 0.717) is 5.92 Å². The van der Waals surface area contributed by atoms with Gasteiger partial charge >= 0.3 is 5.97 Å². The number of hydrogen-bond acceptors (Lipinski definition) is 2. The second-order valence-electron chi connectivity index (χ2n) is 5.29. The van der Waals surface area contributed by atoms with Gasteiger partial charge in [-0.05, 0) is 38.6 Å². The van der Waals surface area contributed by atoms with Crippen LogP contribution in [0.5, 0.6) is 0 Å². The number of carboxylic acids is 1. The molecule has 0 amide bonds. The average molecular weight is 211 g/mol. The van der Waals surface area contributed by atoms with E-state index < -0.39 is 11.4 Å². The lowest BCUT2D eigenvalue weighted by Gasteiger charge is -2.52. The maximum Gasteiger partial charge on any atom is 0.311 e. The van der Waals surface area contributed by atoms with Gasteiger partial charge in [-0.15, -0.1) is 0 Å². The number of carbonyl (C=O) groups is 1. The van der Waals surface area contributed by atoms with Crippen LogP contribution in [0.2, 0.25) is 0 Å². The van der Waals surface area contributed by atoms with Crippen LogP contribution in [-0.2, 0) is 4.79 Å². The van der Waals surface area contributed by atoms with Gasteiger partial charge in [0.25, 0.3) is 0 Å². The van der Waals surface area contributed by atoms with Gasteiger partial charge in [-0.2, -0.15) is 0 Å². The molecule has 1 aliphatic carbocycles. The first kappa shape index (κ1) is 10.9. The van der Waals surface area contributed by atoms with Crippen LogP contribution in [0.3, 0.4) is 0 Å². The number of rotatable bonds is 2. The van der Waals surface area contributed by atoms with Crippen LogP contribution in [0.4, 0.5) is 0 Å². The van der Waals surface area contributed by atoms with Gasteiger partial charge in [-0.25, -0.2) is 0 Å². The second-order valence-corrected chi connectivity index (χ2v) is 5.29. The monoisotopic (exact) mass is 211 g/mol. The molecule has 0 radical (unpaired) electrons. The molecule has 1 N–H and O–H groups in total. The Kier molecular flexibility index (Phi) is 2.75. The van der Waals surface area contributed by atoms with E-state index in [1.807, 2.05) is 0 Å². The summed E-state index contributed by atoms with van der Waals surface area (Å²) in [5.74, 6) is 0.0493. The molecule has 3 nitrogen and oxygen atoms in total. The highest BCUT2D eigenvalue weighted by atomic mass is 16.4. The molecule has 3 heteroatoms. The van der Waals surface area contributed by atoms with Gasteiger partial charge in [0, 0.05) is 12.6 Å². The van der Waals surface area contributed by atoms with Crippen LogP contribution in [0.25, 0.3) is 0 Å². The minimum absolute atomic E-state index is 0.242. The molecule has 86 valence electrons. The van der Waals surface area contributed by atoms with Crippen molar-refractivity contribution in [2.75, 3.05) is 13.6 Å². The van der Waals surface area contributed by atoms with E-state index in [-0.39, 0.29) is 6.04 Å². The standard InChI is InChI=1S/C12H21NO2/c1-3-10-12(11(14)15)6-4-5-9(7-12)8-13(10)2/h9-10H,3-8H2,1-2H3,(H,14,15). The molecule has 0 spiro atoms. The fraction of sp³-hybridized carbons (Fsp3) is 0.917. The summed E-state index contributed by atoms with van der Waals surface area (Å²) in [5, 5.41) is 9.53. The van der Waals surface area contributed by atoms with Crippen molar-refractivity contribution >= 4 is 5.97 Å². The fourth-order valence-electron chi connectivity index (χ4n) is 3.88. The van der Waals surface area contributed by atoms with Crippen molar-refractivity contribution in [1.29, 1.82) is 0 Å². The van der Waals surface area contributed by atoms with Gasteiger partial charge in [0.15, 0.2) is 0 Å². The first-order valence-corrected chi connectivity index (χ1v) is 6.04. The molecule has 0 aromatic carbocycles. The first-order chi connectivity index (χ1) is 7.10. The topological polar surface area (TPSA) is 40.5 Å². The number of aliphatic carboxylic acids is 1. The SMILES string of the molecule is CCC1N(C)CC2CCCC1(C(=O)O)C2. The van der Waals surface area contributed by atoms with Crippen LogP contribution in [0.15, 0.2) is 0 Å². The molecule has 2 bridgehead atoms. The Balaban J connectivity index is 2.31. The molecule has 2 fully saturated rings. The van der Waals surface area contributed by atoms with Crippen LogP contribution >= 0.6 is 0 Å². The normalized spacial score (nSPS) is 41.5. The molecule has 3 atom stereocenters. The highest BCUT2D eigenvalue weighted by molar-refractivity contribution is 5.76. The van der Waals surface area contributed by atoms with Crippen molar-refractivity contribution in [1.82, 2.24) is 4.90 Å². The predicted molar refractivity (Wildman–Crippen MR) is 58.7 cm³/mol. The lowest BCUT2D eigenvalue weighted by atomic mass is 9.61. The van der Waals surface area contributed by atoms with Gasteiger partial charge in [0.05, 0.1) is 5.41 Å². The molecule has 15 heavy (non-hydrogen) atoms. The summed E-state index contributed by atoms with van der Waals surface area (Å²) in [6, 6.07) is 0.242. The van der Waals surface area contributed by atoms with Crippen molar-refractivity contribution in [2.45, 2.75) is 45.1 Å². The number of piperidine rings is 1. The third kappa shape index (κ3) is 1.57. The largest absolute Gasteiger partial charge is 0.481 e. The highest BCUT2D eigenvalue weighted by Crippen LogP contribution is 2.48. The number of likely N-dealkylation sites (tertiary alicyclic amines) is 1. The zero-order chi connectivity index (χ0) is 11.1. The Hall–Kier alpha value is -0.570. The third-order valence-electron chi connectivity index (χ3n) is 4.42. The molecule has 2 rings (SSSR count). The molecule has 1 heterocycles. The number of hydrogen-bond donors (Lipinski definition) is 1. The molecule has 3 unspecified atom stereocenters. The van der Waals surface area contributed by atoms with Gasteiger partial charge < -0.3 is 10.0 Å². The summed E-state index contributed by atoms with van der Waals surface area (Å²) in [7, 11) is 2.09. The maximum absolute atomic E-state index is 11.6. The van der Waals surface area contributed by atoms with Crippen molar-refractivity contribution in [3.8, 4) is 0 Å². The molecule has 1 saturated carbocycles. The molecule has 0 aromatic heterocycles. The predicted octanol–water partition coefficient (Wildman–Crippen LogP) is 1.97. The van der Waals surface area contributed by atoms with Crippen molar-refractivity contribution < 1.29 is 9.90 Å². The van der Waals surface area contributed by atoms with Crippen LogP contribution < -0.4 is 0 Å². The van der Waals surface area contributed by atoms with E-state index in [1.165, 1.54) is 6.42 Å². The molecule has 1 saturated heterocycles. The Morgan fingerprint density at radius 1 is 1.60 bits per heavy atom. The van der Waals surface area contributed by atoms with E-state index in [4.69, 9.17) is 0 Å². The second kappa shape index (κ2) is 3.78. The van der Waals surface area contributed by atoms with E-state index in [2.05, 4.69) is 18.9 Å². The van der Waals surface area contributed by atoms with Gasteiger partial charge in [-0.3, -0.25) is 4.79 Å². The van der Waals surface area contributed by atoms with Gasteiger partial charge in [0.1, 0.15) is 0 Å². The van der Waals surface area contributed by atoms with Gasteiger partial charge in [0.2, 0.25) is 0 Å². The van der Waals surface area contributed by atoms with Crippen molar-refractivity contribution in [3.63, 3.8) is 0 Å². The Morgan fingerprint density at radius 3 is 2.93 bits per heavy atom. The smallest absolute Gasteiger partial charge is 0.311 e. The van der Waals surface area contributed by atoms with Crippen molar-refractivity contribution in [2.24, 2.45) is 11.3 Å². The van der Waals surface area contributed by atoms with Crippen LogP contribution in [0, 0.1) is 11.3 Å². The Bertz CT molecular complexity index is 266. The number of nitrogens with zero attached hydrogens (tertiary/aromatic N) is 1. The van der Waals surface area contributed by atoms with Crippen molar-refractivity contribution in [3.05, 3.63) is 0 Å². The van der Waals surface area contributed by atoms with E-state index in [9.17, 15) is 9.90 Å². The highest BCUT2D eigenvalue weighted by Gasteiger charge is 2.52. The van der Waals surface area contributed by atoms with Crippen LogP contribution in [-0.4, -0.2) is 35.6 Å². The Labute approximate surface area is 91.5 Å². The van der Waals surface area contributed by atoms with E-state index in [0.717, 1.165) is 32.2 Å². The van der Waals surface area contributed by atoms with E-state index in [1.54, 1.807) is 0 Å². The fourth-order valence-corrected chi connectivity index (χ4v) is 3.88. The Morgan fingerprint density at radius 2 is 2.33 bits per heavy atom. The lowest BCUT2D eigenvalue weighted by Crippen LogP contribution is -2.58. The summed E-state index contributed by atoms with van der Waals surface area (Å²) < 4.78 is 0. The molecular weight excluding hydrogens is 190 g/mol. The maximum atomic E-state index is 11.6. The minimum Gasteiger partial charge on any atom is -0.481 e. The summed E-state index contributed by atoms with van der Waals surface area (Å²) in [4.78, 5) is 13.9. The number of fused-ring (bicyclic) bond motifs is 2. The van der Waals surface area contributed by atoms with E-state index >= 15 is 0 Å². The van der Waals surface area contributed by atoms with Gasteiger partial charge in [-0.1, -0.05) is 13.3 Å². The summed E-state index contributed by atoms with van der Waals surface area (Å²) >= 11 is 0. The quantitative estimate of drug-likeness (QED) is 0.759. The molecule has 2 aliphatic rings. The first-order valence-electron chi connectivity index (χ1n) is 6.04. The zero-order valence-electron chi connectivity index (χ0n) is 9.70. The summed E-state index contributed by atoms with van der Waals surface area (Å²) in [6.45, 7) is 3.20. The average Bonchev–Trinajstić information content (AvgIpc) is 2.17.